The third-order valence-corrected chi connectivity index (χ3v) is 4.31. The maximum Gasteiger partial charge on any atom is 0.271 e. The minimum absolute atomic E-state index is 0. The number of nitro groups is 1. The zero-order chi connectivity index (χ0) is 13.4. The minimum atomic E-state index is -0.384. The van der Waals surface area contributed by atoms with Crippen molar-refractivity contribution >= 4 is 44.8 Å². The van der Waals surface area contributed by atoms with Crippen LogP contribution >= 0.6 is 23.7 Å². The molecule has 0 radical (unpaired) electrons. The zero-order valence-corrected chi connectivity index (χ0v) is 12.5. The van der Waals surface area contributed by atoms with Crippen LogP contribution in [-0.4, -0.2) is 35.6 Å². The van der Waals surface area contributed by atoms with Crippen LogP contribution in [0.1, 0.15) is 6.92 Å². The maximum absolute atomic E-state index is 10.8. The minimum Gasteiger partial charge on any atom is -0.345 e. The van der Waals surface area contributed by atoms with Gasteiger partial charge in [0.2, 0.25) is 0 Å². The van der Waals surface area contributed by atoms with E-state index >= 15 is 0 Å². The molecule has 1 aromatic carbocycles. The van der Waals surface area contributed by atoms with Crippen molar-refractivity contribution < 1.29 is 4.92 Å². The Kier molecular flexibility index (Phi) is 4.42. The number of nitrogens with zero attached hydrogens (tertiary/aromatic N) is 3. The maximum atomic E-state index is 10.8. The number of halogens is 1. The molecular formula is C12H15ClN4O2S. The highest BCUT2D eigenvalue weighted by molar-refractivity contribution is 7.22. The van der Waals surface area contributed by atoms with Crippen molar-refractivity contribution in [2.75, 3.05) is 24.5 Å². The molecule has 1 unspecified atom stereocenters. The number of thiazole rings is 1. The van der Waals surface area contributed by atoms with Gasteiger partial charge in [-0.25, -0.2) is 4.98 Å². The van der Waals surface area contributed by atoms with E-state index in [4.69, 9.17) is 0 Å². The van der Waals surface area contributed by atoms with Crippen molar-refractivity contribution in [2.24, 2.45) is 0 Å². The number of piperazine rings is 1. The summed E-state index contributed by atoms with van der Waals surface area (Å²) in [5.74, 6) is 0. The predicted octanol–water partition coefficient (Wildman–Crippen LogP) is 2.42. The average molecular weight is 315 g/mol. The Balaban J connectivity index is 0.00000147. The SMILES string of the molecule is CC1CN(c2nc3cc([N+](=O)[O-])ccc3s2)CCN1.Cl. The average Bonchev–Trinajstić information content (AvgIpc) is 2.81. The monoisotopic (exact) mass is 314 g/mol. The van der Waals surface area contributed by atoms with Gasteiger partial charge in [-0.05, 0) is 13.0 Å². The van der Waals surface area contributed by atoms with E-state index in [1.807, 2.05) is 0 Å². The molecule has 1 aromatic heterocycles. The predicted molar refractivity (Wildman–Crippen MR) is 83.2 cm³/mol. The van der Waals surface area contributed by atoms with Crippen molar-refractivity contribution in [3.8, 4) is 0 Å². The van der Waals surface area contributed by atoms with E-state index < -0.39 is 0 Å². The van der Waals surface area contributed by atoms with E-state index in [1.54, 1.807) is 23.5 Å². The van der Waals surface area contributed by atoms with Crippen LogP contribution in [0.4, 0.5) is 10.8 Å². The molecule has 1 aliphatic heterocycles. The summed E-state index contributed by atoms with van der Waals surface area (Å²) in [5.41, 5.74) is 0.804. The van der Waals surface area contributed by atoms with Crippen molar-refractivity contribution in [1.29, 1.82) is 0 Å². The van der Waals surface area contributed by atoms with Crippen LogP contribution < -0.4 is 10.2 Å². The van der Waals surface area contributed by atoms with Gasteiger partial charge in [-0.2, -0.15) is 0 Å². The molecule has 1 fully saturated rings. The highest BCUT2D eigenvalue weighted by atomic mass is 35.5. The second kappa shape index (κ2) is 5.90. The number of aromatic nitrogens is 1. The molecule has 20 heavy (non-hydrogen) atoms. The number of nitro benzene ring substituents is 1. The second-order valence-corrected chi connectivity index (χ2v) is 5.72. The molecule has 3 rings (SSSR count). The summed E-state index contributed by atoms with van der Waals surface area (Å²) >= 11 is 1.59. The quantitative estimate of drug-likeness (QED) is 0.681. The lowest BCUT2D eigenvalue weighted by molar-refractivity contribution is -0.384. The van der Waals surface area contributed by atoms with E-state index in [-0.39, 0.29) is 23.0 Å². The Morgan fingerprint density at radius 2 is 2.35 bits per heavy atom. The molecule has 6 nitrogen and oxygen atoms in total. The summed E-state index contributed by atoms with van der Waals surface area (Å²) in [6, 6.07) is 5.29. The van der Waals surface area contributed by atoms with Crippen molar-refractivity contribution in [1.82, 2.24) is 10.3 Å². The number of nitrogens with one attached hydrogen (secondary N) is 1. The fourth-order valence-corrected chi connectivity index (χ4v) is 3.24. The number of hydrogen-bond acceptors (Lipinski definition) is 6. The van der Waals surface area contributed by atoms with E-state index in [0.717, 1.165) is 29.5 Å². The van der Waals surface area contributed by atoms with Crippen molar-refractivity contribution in [3.05, 3.63) is 28.3 Å². The van der Waals surface area contributed by atoms with Crippen LogP contribution in [0.25, 0.3) is 10.2 Å². The Hall–Kier alpha value is -1.44. The molecule has 2 heterocycles. The summed E-state index contributed by atoms with van der Waals surface area (Å²) in [7, 11) is 0. The van der Waals surface area contributed by atoms with Gasteiger partial charge in [0, 0.05) is 37.8 Å². The standard InChI is InChI=1S/C12H14N4O2S.ClH/c1-8-7-15(5-4-13-8)12-14-10-6-9(16(17)18)2-3-11(10)19-12;/h2-3,6,8,13H,4-5,7H2,1H3;1H. The second-order valence-electron chi connectivity index (χ2n) is 4.71. The molecular weight excluding hydrogens is 300 g/mol. The van der Waals surface area contributed by atoms with Crippen molar-refractivity contribution in [2.45, 2.75) is 13.0 Å². The van der Waals surface area contributed by atoms with Gasteiger partial charge in [0.15, 0.2) is 5.13 Å². The van der Waals surface area contributed by atoms with E-state index in [9.17, 15) is 10.1 Å². The number of anilines is 1. The van der Waals surface area contributed by atoms with Crippen LogP contribution in [0.15, 0.2) is 18.2 Å². The van der Waals surface area contributed by atoms with Gasteiger partial charge in [-0.1, -0.05) is 11.3 Å². The fraction of sp³-hybridized carbons (Fsp3) is 0.417. The number of fused-ring (bicyclic) bond motifs is 1. The zero-order valence-electron chi connectivity index (χ0n) is 10.9. The van der Waals surface area contributed by atoms with Crippen LogP contribution in [0, 0.1) is 10.1 Å². The van der Waals surface area contributed by atoms with Crippen LogP contribution in [-0.2, 0) is 0 Å². The normalized spacial score (nSPS) is 18.9. The smallest absolute Gasteiger partial charge is 0.271 e. The van der Waals surface area contributed by atoms with Gasteiger partial charge in [-0.15, -0.1) is 12.4 Å². The highest BCUT2D eigenvalue weighted by Gasteiger charge is 2.19. The summed E-state index contributed by atoms with van der Waals surface area (Å²) < 4.78 is 0.992. The fourth-order valence-electron chi connectivity index (χ4n) is 2.26. The molecule has 8 heteroatoms. The first-order valence-electron chi connectivity index (χ1n) is 6.17. The lowest BCUT2D eigenvalue weighted by Gasteiger charge is -2.31. The molecule has 1 N–H and O–H groups in total. The van der Waals surface area contributed by atoms with E-state index in [0.29, 0.717) is 11.6 Å². The molecule has 1 atom stereocenters. The largest absolute Gasteiger partial charge is 0.345 e. The van der Waals surface area contributed by atoms with Gasteiger partial charge >= 0.3 is 0 Å². The molecule has 0 aliphatic carbocycles. The number of hydrogen-bond donors (Lipinski definition) is 1. The molecule has 0 saturated carbocycles. The van der Waals surface area contributed by atoms with Crippen molar-refractivity contribution in [3.63, 3.8) is 0 Å². The van der Waals surface area contributed by atoms with E-state index in [1.165, 1.54) is 6.07 Å². The summed E-state index contributed by atoms with van der Waals surface area (Å²) in [5, 5.41) is 15.1. The molecule has 0 spiro atoms. The molecule has 1 aliphatic rings. The number of rotatable bonds is 2. The first-order valence-corrected chi connectivity index (χ1v) is 6.98. The van der Waals surface area contributed by atoms with Gasteiger partial charge in [-0.3, -0.25) is 10.1 Å². The van der Waals surface area contributed by atoms with E-state index in [2.05, 4.69) is 22.1 Å². The van der Waals surface area contributed by atoms with Gasteiger partial charge in [0.1, 0.15) is 0 Å². The van der Waals surface area contributed by atoms with Gasteiger partial charge in [0.05, 0.1) is 15.1 Å². The molecule has 0 amide bonds. The summed E-state index contributed by atoms with van der Waals surface area (Å²) in [6.45, 7) is 4.93. The number of non-ortho nitro benzene ring substituents is 1. The third kappa shape index (κ3) is 2.84. The Morgan fingerprint density at radius 3 is 3.05 bits per heavy atom. The number of benzene rings is 1. The van der Waals surface area contributed by atoms with Gasteiger partial charge in [0.25, 0.3) is 5.69 Å². The van der Waals surface area contributed by atoms with Gasteiger partial charge < -0.3 is 10.2 Å². The Bertz CT molecular complexity index is 633. The van der Waals surface area contributed by atoms with Crippen LogP contribution in [0.5, 0.6) is 0 Å². The van der Waals surface area contributed by atoms with Crippen LogP contribution in [0.3, 0.4) is 0 Å². The molecule has 108 valence electrons. The molecule has 2 aromatic rings. The highest BCUT2D eigenvalue weighted by Crippen LogP contribution is 2.31. The third-order valence-electron chi connectivity index (χ3n) is 3.21. The first kappa shape index (κ1) is 15.0. The lowest BCUT2D eigenvalue weighted by Crippen LogP contribution is -2.49. The first-order chi connectivity index (χ1) is 9.13. The topological polar surface area (TPSA) is 71.3 Å². The molecule has 1 saturated heterocycles. The summed E-state index contributed by atoms with van der Waals surface area (Å²) in [6.07, 6.45) is 0. The van der Waals surface area contributed by atoms with Crippen LogP contribution in [0.2, 0.25) is 0 Å². The lowest BCUT2D eigenvalue weighted by atomic mass is 10.2. The Morgan fingerprint density at radius 1 is 1.55 bits per heavy atom. The molecule has 0 bridgehead atoms. The summed E-state index contributed by atoms with van der Waals surface area (Å²) in [4.78, 5) is 17.1. The Labute approximate surface area is 126 Å².